The monoisotopic (exact) mass is 344 g/mol. The Bertz CT molecular complexity index is 759. The second-order valence-electron chi connectivity index (χ2n) is 5.48. The summed E-state index contributed by atoms with van der Waals surface area (Å²) in [6.07, 6.45) is 1.11. The molecule has 0 spiro atoms. The number of aryl methyl sites for hydroxylation is 1. The van der Waals surface area contributed by atoms with Crippen molar-refractivity contribution < 1.29 is 14.3 Å². The normalized spacial score (nSPS) is 13.0. The fourth-order valence-electron chi connectivity index (χ4n) is 2.49. The van der Waals surface area contributed by atoms with E-state index in [1.54, 1.807) is 36.4 Å². The fourth-order valence-corrected chi connectivity index (χ4v) is 2.62. The molecule has 0 saturated carbocycles. The van der Waals surface area contributed by atoms with Crippen molar-refractivity contribution in [1.82, 2.24) is 5.32 Å². The Balaban J connectivity index is 1.50. The summed E-state index contributed by atoms with van der Waals surface area (Å²) in [6, 6.07) is 12.4. The van der Waals surface area contributed by atoms with Crippen LogP contribution in [0.15, 0.2) is 42.5 Å². The first kappa shape index (κ1) is 16.3. The van der Waals surface area contributed by atoms with Gasteiger partial charge in [0.15, 0.2) is 0 Å². The molecule has 5 nitrogen and oxygen atoms in total. The minimum Gasteiger partial charge on any atom is -0.492 e. The molecule has 0 unspecified atom stereocenters. The highest BCUT2D eigenvalue weighted by Gasteiger charge is 2.16. The van der Waals surface area contributed by atoms with E-state index in [0.29, 0.717) is 42.3 Å². The van der Waals surface area contributed by atoms with Crippen LogP contribution >= 0.6 is 11.6 Å². The molecule has 6 heteroatoms. The van der Waals surface area contributed by atoms with Crippen molar-refractivity contribution in [2.45, 2.75) is 12.8 Å². The summed E-state index contributed by atoms with van der Waals surface area (Å²) >= 11 is 5.81. The van der Waals surface area contributed by atoms with Gasteiger partial charge in [0.1, 0.15) is 12.4 Å². The zero-order chi connectivity index (χ0) is 16.9. The number of hydrogen-bond acceptors (Lipinski definition) is 3. The summed E-state index contributed by atoms with van der Waals surface area (Å²) in [5.41, 5.74) is 2.35. The van der Waals surface area contributed by atoms with Crippen LogP contribution in [-0.2, 0) is 11.2 Å². The Labute approximate surface area is 145 Å². The Morgan fingerprint density at radius 2 is 1.96 bits per heavy atom. The van der Waals surface area contributed by atoms with Gasteiger partial charge in [-0.3, -0.25) is 9.59 Å². The van der Waals surface area contributed by atoms with Crippen LogP contribution in [0, 0.1) is 0 Å². The third-order valence-electron chi connectivity index (χ3n) is 3.73. The maximum absolute atomic E-state index is 12.2. The van der Waals surface area contributed by atoms with Gasteiger partial charge in [0.25, 0.3) is 5.91 Å². The molecule has 2 aromatic rings. The number of nitrogens with one attached hydrogen (secondary N) is 2. The quantitative estimate of drug-likeness (QED) is 0.819. The van der Waals surface area contributed by atoms with Gasteiger partial charge in [0, 0.05) is 22.7 Å². The van der Waals surface area contributed by atoms with Crippen molar-refractivity contribution in [3.63, 3.8) is 0 Å². The molecular formula is C18H17ClN2O3. The smallest absolute Gasteiger partial charge is 0.251 e. The molecule has 1 aliphatic rings. The Morgan fingerprint density at radius 1 is 1.17 bits per heavy atom. The highest BCUT2D eigenvalue weighted by molar-refractivity contribution is 6.30. The van der Waals surface area contributed by atoms with Gasteiger partial charge < -0.3 is 15.4 Å². The van der Waals surface area contributed by atoms with Crippen LogP contribution in [0.4, 0.5) is 5.69 Å². The standard InChI is InChI=1S/C18H17ClN2O3/c19-14-3-5-15(6-4-14)24-10-9-20-18(23)13-1-7-16-12(11-13)2-8-17(22)21-16/h1,3-7,11H,2,8-10H2,(H,20,23)(H,21,22). The molecule has 1 aliphatic heterocycles. The summed E-state index contributed by atoms with van der Waals surface area (Å²) in [5, 5.41) is 6.27. The second kappa shape index (κ2) is 7.36. The minimum absolute atomic E-state index is 0.0130. The molecule has 0 atom stereocenters. The topological polar surface area (TPSA) is 67.4 Å². The lowest BCUT2D eigenvalue weighted by Gasteiger charge is -2.17. The molecular weight excluding hydrogens is 328 g/mol. The van der Waals surface area contributed by atoms with Crippen LogP contribution < -0.4 is 15.4 Å². The van der Waals surface area contributed by atoms with Gasteiger partial charge >= 0.3 is 0 Å². The van der Waals surface area contributed by atoms with Crippen LogP contribution in [0.1, 0.15) is 22.3 Å². The summed E-state index contributed by atoms with van der Waals surface area (Å²) in [6.45, 7) is 0.768. The van der Waals surface area contributed by atoms with Crippen molar-refractivity contribution in [2.75, 3.05) is 18.5 Å². The van der Waals surface area contributed by atoms with E-state index in [9.17, 15) is 9.59 Å². The lowest BCUT2D eigenvalue weighted by atomic mass is 10.00. The van der Waals surface area contributed by atoms with E-state index in [0.717, 1.165) is 11.3 Å². The zero-order valence-corrected chi connectivity index (χ0v) is 13.7. The molecule has 0 saturated heterocycles. The SMILES string of the molecule is O=C1CCc2cc(C(=O)NCCOc3ccc(Cl)cc3)ccc2N1. The molecule has 124 valence electrons. The van der Waals surface area contributed by atoms with Crippen LogP contribution in [-0.4, -0.2) is 25.0 Å². The van der Waals surface area contributed by atoms with Crippen LogP contribution in [0.5, 0.6) is 5.75 Å². The van der Waals surface area contributed by atoms with Gasteiger partial charge in [-0.1, -0.05) is 11.6 Å². The predicted octanol–water partition coefficient (Wildman–Crippen LogP) is 3.03. The summed E-state index contributed by atoms with van der Waals surface area (Å²) in [5.74, 6) is 0.562. The number of hydrogen-bond donors (Lipinski definition) is 2. The molecule has 0 fully saturated rings. The van der Waals surface area contributed by atoms with Crippen molar-refractivity contribution in [3.8, 4) is 5.75 Å². The Hall–Kier alpha value is -2.53. The largest absolute Gasteiger partial charge is 0.492 e. The molecule has 2 N–H and O–H groups in total. The van der Waals surface area contributed by atoms with E-state index >= 15 is 0 Å². The van der Waals surface area contributed by atoms with E-state index in [4.69, 9.17) is 16.3 Å². The van der Waals surface area contributed by atoms with Crippen LogP contribution in [0.25, 0.3) is 0 Å². The van der Waals surface area contributed by atoms with Crippen LogP contribution in [0.2, 0.25) is 5.02 Å². The van der Waals surface area contributed by atoms with E-state index in [1.807, 2.05) is 6.07 Å². The maximum Gasteiger partial charge on any atom is 0.251 e. The first-order valence-electron chi connectivity index (χ1n) is 7.71. The fraction of sp³-hybridized carbons (Fsp3) is 0.222. The highest BCUT2D eigenvalue weighted by atomic mass is 35.5. The summed E-state index contributed by atoms with van der Waals surface area (Å²) < 4.78 is 5.53. The Kier molecular flexibility index (Phi) is 5.01. The lowest BCUT2D eigenvalue weighted by molar-refractivity contribution is -0.116. The molecule has 0 bridgehead atoms. The number of rotatable bonds is 5. The summed E-state index contributed by atoms with van der Waals surface area (Å²) in [4.78, 5) is 23.5. The number of amides is 2. The molecule has 0 aliphatic carbocycles. The van der Waals surface area contributed by atoms with E-state index in [2.05, 4.69) is 10.6 Å². The number of halogens is 1. The lowest BCUT2D eigenvalue weighted by Crippen LogP contribution is -2.28. The van der Waals surface area contributed by atoms with Crippen molar-refractivity contribution >= 4 is 29.1 Å². The summed E-state index contributed by atoms with van der Waals surface area (Å²) in [7, 11) is 0. The van der Waals surface area contributed by atoms with E-state index in [1.165, 1.54) is 0 Å². The minimum atomic E-state index is -0.158. The third kappa shape index (κ3) is 4.06. The zero-order valence-electron chi connectivity index (χ0n) is 13.0. The van der Waals surface area contributed by atoms with Gasteiger partial charge in [-0.05, 0) is 54.4 Å². The van der Waals surface area contributed by atoms with Crippen molar-refractivity contribution in [2.24, 2.45) is 0 Å². The first-order valence-corrected chi connectivity index (χ1v) is 8.09. The molecule has 0 radical (unpaired) electrons. The van der Waals surface area contributed by atoms with Gasteiger partial charge in [-0.25, -0.2) is 0 Å². The molecule has 1 heterocycles. The molecule has 24 heavy (non-hydrogen) atoms. The average Bonchev–Trinajstić information content (AvgIpc) is 2.59. The van der Waals surface area contributed by atoms with Crippen molar-refractivity contribution in [3.05, 3.63) is 58.6 Å². The third-order valence-corrected chi connectivity index (χ3v) is 3.98. The highest BCUT2D eigenvalue weighted by Crippen LogP contribution is 2.23. The Morgan fingerprint density at radius 3 is 2.75 bits per heavy atom. The number of fused-ring (bicyclic) bond motifs is 1. The predicted molar refractivity (Wildman–Crippen MR) is 92.7 cm³/mol. The molecule has 3 rings (SSSR count). The number of carbonyl (C=O) groups is 2. The second-order valence-corrected chi connectivity index (χ2v) is 5.91. The molecule has 0 aromatic heterocycles. The number of carbonyl (C=O) groups excluding carboxylic acids is 2. The van der Waals surface area contributed by atoms with Gasteiger partial charge in [0.05, 0.1) is 6.54 Å². The van der Waals surface area contributed by atoms with Crippen molar-refractivity contribution in [1.29, 1.82) is 0 Å². The first-order chi connectivity index (χ1) is 11.6. The maximum atomic E-state index is 12.2. The van der Waals surface area contributed by atoms with E-state index in [-0.39, 0.29) is 11.8 Å². The van der Waals surface area contributed by atoms with E-state index < -0.39 is 0 Å². The van der Waals surface area contributed by atoms with Gasteiger partial charge in [0.2, 0.25) is 5.91 Å². The molecule has 2 amide bonds. The van der Waals surface area contributed by atoms with Gasteiger partial charge in [-0.2, -0.15) is 0 Å². The molecule has 2 aromatic carbocycles. The average molecular weight is 345 g/mol. The van der Waals surface area contributed by atoms with Gasteiger partial charge in [-0.15, -0.1) is 0 Å². The van der Waals surface area contributed by atoms with Crippen LogP contribution in [0.3, 0.4) is 0 Å². The number of benzene rings is 2. The number of ether oxygens (including phenoxy) is 1. The number of anilines is 1.